The van der Waals surface area contributed by atoms with Gasteiger partial charge in [0.25, 0.3) is 0 Å². The Morgan fingerprint density at radius 3 is 0.400 bits per heavy atom. The third-order valence-corrected chi connectivity index (χ3v) is 0. The molecule has 0 saturated carbocycles. The van der Waals surface area contributed by atoms with Crippen LogP contribution in [0.1, 0.15) is 0 Å². The molecule has 0 aromatic rings. The standard InChI is InChI=1S/Mn.4H2S/h;4*1H2. The fraction of sp³-hybridized carbons (Fsp3) is 0. The van der Waals surface area contributed by atoms with Crippen molar-refractivity contribution in [2.24, 2.45) is 0 Å². The molecule has 5 heavy (non-hydrogen) atoms. The Morgan fingerprint density at radius 1 is 0.400 bits per heavy atom. The van der Waals surface area contributed by atoms with Crippen molar-refractivity contribution in [2.75, 3.05) is 0 Å². The van der Waals surface area contributed by atoms with Gasteiger partial charge in [-0.15, -0.1) is 0 Å². The van der Waals surface area contributed by atoms with Gasteiger partial charge in [0.1, 0.15) is 0 Å². The molecule has 0 aliphatic heterocycles. The molecule has 0 aromatic heterocycles. The van der Waals surface area contributed by atoms with Crippen LogP contribution in [0.3, 0.4) is 0 Å². The predicted molar refractivity (Wildman–Crippen MR) is 41.5 cm³/mol. The van der Waals surface area contributed by atoms with Crippen LogP contribution in [0.5, 0.6) is 0 Å². The Morgan fingerprint density at radius 2 is 0.400 bits per heavy atom. The molecule has 0 N–H and O–H groups in total. The summed E-state index contributed by atoms with van der Waals surface area (Å²) >= 11 is 0. The van der Waals surface area contributed by atoms with Gasteiger partial charge >= 0.3 is 0 Å². The predicted octanol–water partition coefficient (Wildman–Crippen LogP) is 0.449. The first-order valence-corrected chi connectivity index (χ1v) is 0. The molecule has 1 radical (unpaired) electrons. The summed E-state index contributed by atoms with van der Waals surface area (Å²) in [5.41, 5.74) is 0. The third-order valence-electron chi connectivity index (χ3n) is 0. The molecule has 5 heteroatoms. The summed E-state index contributed by atoms with van der Waals surface area (Å²) < 4.78 is 0. The SMILES string of the molecule is S.S.S.S.[Mn]. The smallest absolute Gasteiger partial charge is 0 e. The van der Waals surface area contributed by atoms with Crippen LogP contribution < -0.4 is 0 Å². The molecule has 39 valence electrons. The van der Waals surface area contributed by atoms with Crippen molar-refractivity contribution in [2.45, 2.75) is 0 Å². The molecule has 0 amide bonds. The van der Waals surface area contributed by atoms with E-state index in [0.717, 1.165) is 0 Å². The second-order valence-corrected chi connectivity index (χ2v) is 0. The molecule has 0 heterocycles. The van der Waals surface area contributed by atoms with Gasteiger partial charge in [-0.2, -0.15) is 54.0 Å². The van der Waals surface area contributed by atoms with Crippen molar-refractivity contribution < 1.29 is 17.1 Å². The van der Waals surface area contributed by atoms with Crippen LogP contribution in [0.2, 0.25) is 0 Å². The van der Waals surface area contributed by atoms with E-state index in [1.54, 1.807) is 0 Å². The van der Waals surface area contributed by atoms with E-state index in [4.69, 9.17) is 0 Å². The summed E-state index contributed by atoms with van der Waals surface area (Å²) in [7, 11) is 0. The summed E-state index contributed by atoms with van der Waals surface area (Å²) in [5.74, 6) is 0. The fourth-order valence-electron chi connectivity index (χ4n) is 0. The summed E-state index contributed by atoms with van der Waals surface area (Å²) in [4.78, 5) is 0. The van der Waals surface area contributed by atoms with Crippen molar-refractivity contribution in [3.63, 3.8) is 0 Å². The Kier molecular flexibility index (Phi) is 512. The number of rotatable bonds is 0. The topological polar surface area (TPSA) is 0 Å². The minimum atomic E-state index is 0. The first-order valence-electron chi connectivity index (χ1n) is 0. The molecular formula is H8MnS4. The normalized spacial score (nSPS) is 0. The van der Waals surface area contributed by atoms with Crippen molar-refractivity contribution in [3.05, 3.63) is 0 Å². The van der Waals surface area contributed by atoms with E-state index in [-0.39, 0.29) is 71.1 Å². The maximum absolute atomic E-state index is 0. The van der Waals surface area contributed by atoms with Gasteiger partial charge in [-0.05, 0) is 0 Å². The van der Waals surface area contributed by atoms with Gasteiger partial charge in [0, 0.05) is 17.1 Å². The van der Waals surface area contributed by atoms with Crippen LogP contribution in [-0.2, 0) is 17.1 Å². The van der Waals surface area contributed by atoms with Crippen LogP contribution in [0.4, 0.5) is 0 Å². The van der Waals surface area contributed by atoms with E-state index in [9.17, 15) is 0 Å². The monoisotopic (exact) mass is 191 g/mol. The number of hydrogen-bond donors (Lipinski definition) is 0. The molecule has 0 unspecified atom stereocenters. The second kappa shape index (κ2) is 38.9. The van der Waals surface area contributed by atoms with E-state index in [1.807, 2.05) is 0 Å². The quantitative estimate of drug-likeness (QED) is 0.488. The molecule has 0 aliphatic rings. The van der Waals surface area contributed by atoms with Gasteiger partial charge in [-0.25, -0.2) is 0 Å². The molecule has 0 spiro atoms. The van der Waals surface area contributed by atoms with Crippen LogP contribution in [0.15, 0.2) is 0 Å². The Balaban J connectivity index is 0. The summed E-state index contributed by atoms with van der Waals surface area (Å²) in [5, 5.41) is 0. The van der Waals surface area contributed by atoms with Gasteiger partial charge in [0.05, 0.1) is 0 Å². The first-order chi connectivity index (χ1) is 0. The zero-order valence-corrected chi connectivity index (χ0v) is 7.56. The van der Waals surface area contributed by atoms with Crippen molar-refractivity contribution >= 4 is 54.0 Å². The average Bonchev–Trinajstić information content (AvgIpc) is 0. The van der Waals surface area contributed by atoms with E-state index in [0.29, 0.717) is 0 Å². The molecule has 0 aliphatic carbocycles. The van der Waals surface area contributed by atoms with Crippen LogP contribution in [0, 0.1) is 0 Å². The largest absolute Gasteiger partial charge is 0.197 e. The van der Waals surface area contributed by atoms with Crippen molar-refractivity contribution in [1.82, 2.24) is 0 Å². The zero-order chi connectivity index (χ0) is 0. The summed E-state index contributed by atoms with van der Waals surface area (Å²) in [6, 6.07) is 0. The molecule has 0 rings (SSSR count). The molecule has 0 nitrogen and oxygen atoms in total. The van der Waals surface area contributed by atoms with Gasteiger partial charge in [-0.3, -0.25) is 0 Å². The van der Waals surface area contributed by atoms with Gasteiger partial charge in [0.2, 0.25) is 0 Å². The second-order valence-electron chi connectivity index (χ2n) is 0. The maximum atomic E-state index is 0. The molecule has 0 atom stereocenters. The van der Waals surface area contributed by atoms with Gasteiger partial charge in [-0.1, -0.05) is 0 Å². The molecular weight excluding hydrogens is 183 g/mol. The molecule has 0 bridgehead atoms. The van der Waals surface area contributed by atoms with Gasteiger partial charge < -0.3 is 0 Å². The van der Waals surface area contributed by atoms with Crippen LogP contribution in [-0.4, -0.2) is 0 Å². The maximum Gasteiger partial charge on any atom is 0 e. The minimum absolute atomic E-state index is 0. The zero-order valence-electron chi connectivity index (χ0n) is 2.38. The van der Waals surface area contributed by atoms with E-state index >= 15 is 0 Å². The van der Waals surface area contributed by atoms with E-state index < -0.39 is 0 Å². The molecule has 0 fully saturated rings. The van der Waals surface area contributed by atoms with Crippen molar-refractivity contribution in [1.29, 1.82) is 0 Å². The van der Waals surface area contributed by atoms with E-state index in [1.165, 1.54) is 0 Å². The summed E-state index contributed by atoms with van der Waals surface area (Å²) in [6.07, 6.45) is 0. The Labute approximate surface area is 70.7 Å². The molecule has 0 saturated heterocycles. The molecule has 0 aromatic carbocycles. The minimum Gasteiger partial charge on any atom is -0.197 e. The van der Waals surface area contributed by atoms with Gasteiger partial charge in [0.15, 0.2) is 0 Å². The van der Waals surface area contributed by atoms with E-state index in [2.05, 4.69) is 0 Å². The Bertz CT molecular complexity index is 3.61. The Hall–Kier alpha value is 1.92. The van der Waals surface area contributed by atoms with Crippen LogP contribution in [0.25, 0.3) is 0 Å². The average molecular weight is 191 g/mol. The fourth-order valence-corrected chi connectivity index (χ4v) is 0. The summed E-state index contributed by atoms with van der Waals surface area (Å²) in [6.45, 7) is 0. The van der Waals surface area contributed by atoms with Crippen LogP contribution >= 0.6 is 54.0 Å². The van der Waals surface area contributed by atoms with Crippen molar-refractivity contribution in [3.8, 4) is 0 Å². The first kappa shape index (κ1) is 65.8. The third kappa shape index (κ3) is 24.7. The number of hydrogen-bond acceptors (Lipinski definition) is 0.